The smallest absolute Gasteiger partial charge is 0.0927 e. The van der Waals surface area contributed by atoms with Crippen molar-refractivity contribution < 1.29 is 10.2 Å². The van der Waals surface area contributed by atoms with Crippen molar-refractivity contribution in [2.75, 3.05) is 7.05 Å². The molecule has 0 heterocycles. The van der Waals surface area contributed by atoms with Crippen LogP contribution in [0, 0.1) is 17.3 Å². The Morgan fingerprint density at radius 2 is 1.91 bits per heavy atom. The third-order valence-electron chi connectivity index (χ3n) is 7.01. The summed E-state index contributed by atoms with van der Waals surface area (Å²) in [6.45, 7) is 2.38. The molecule has 5 atom stereocenters. The van der Waals surface area contributed by atoms with E-state index in [9.17, 15) is 10.2 Å². The van der Waals surface area contributed by atoms with Gasteiger partial charge in [-0.2, -0.15) is 0 Å². The summed E-state index contributed by atoms with van der Waals surface area (Å²) in [5.41, 5.74) is 6.79. The van der Waals surface area contributed by atoms with E-state index < -0.39 is 5.60 Å². The van der Waals surface area contributed by atoms with Gasteiger partial charge in [0.1, 0.15) is 0 Å². The first kappa shape index (κ1) is 17.2. The zero-order chi connectivity index (χ0) is 16.7. The van der Waals surface area contributed by atoms with Crippen molar-refractivity contribution in [3.63, 3.8) is 0 Å². The van der Waals surface area contributed by atoms with E-state index in [2.05, 4.69) is 24.8 Å². The van der Waals surface area contributed by atoms with Crippen LogP contribution < -0.4 is 5.73 Å². The van der Waals surface area contributed by atoms with Gasteiger partial charge in [-0.05, 0) is 81.2 Å². The summed E-state index contributed by atoms with van der Waals surface area (Å²) in [4.78, 5) is 0. The second kappa shape index (κ2) is 6.34. The fourth-order valence-electron chi connectivity index (χ4n) is 5.74. The molecule has 0 aromatic rings. The Morgan fingerprint density at radius 1 is 1.13 bits per heavy atom. The molecule has 4 aliphatic rings. The van der Waals surface area contributed by atoms with Crippen LogP contribution >= 0.6 is 0 Å². The van der Waals surface area contributed by atoms with Crippen molar-refractivity contribution >= 4 is 0 Å². The molecular formula is C20H33NO2. The van der Waals surface area contributed by atoms with E-state index in [1.54, 1.807) is 0 Å². The minimum absolute atomic E-state index is 0.167. The fraction of sp³-hybridized carbons (Fsp3) is 0.800. The van der Waals surface area contributed by atoms with E-state index >= 15 is 0 Å². The molecule has 130 valence electrons. The van der Waals surface area contributed by atoms with Crippen molar-refractivity contribution in [2.24, 2.45) is 23.0 Å². The first-order valence-electron chi connectivity index (χ1n) is 9.40. The molecule has 4 unspecified atom stereocenters. The zero-order valence-corrected chi connectivity index (χ0v) is 14.7. The number of aliphatic hydroxyl groups is 2. The topological polar surface area (TPSA) is 66.5 Å². The Balaban J connectivity index is 0.000000753. The maximum Gasteiger partial charge on any atom is 0.0927 e. The van der Waals surface area contributed by atoms with Gasteiger partial charge in [0.15, 0.2) is 0 Å². The molecule has 3 heteroatoms. The number of allylic oxidation sites excluding steroid dienone is 1. The van der Waals surface area contributed by atoms with E-state index in [1.807, 2.05) is 0 Å². The second-order valence-electron chi connectivity index (χ2n) is 8.28. The predicted molar refractivity (Wildman–Crippen MR) is 93.9 cm³/mol. The number of hydrogen-bond acceptors (Lipinski definition) is 3. The molecule has 23 heavy (non-hydrogen) atoms. The molecule has 0 aromatic heterocycles. The van der Waals surface area contributed by atoms with Crippen molar-refractivity contribution in [3.05, 3.63) is 23.3 Å². The minimum atomic E-state index is -0.598. The zero-order valence-electron chi connectivity index (χ0n) is 14.7. The summed E-state index contributed by atoms with van der Waals surface area (Å²) in [5, 5.41) is 21.5. The molecule has 3 nitrogen and oxygen atoms in total. The number of rotatable bonds is 0. The van der Waals surface area contributed by atoms with Gasteiger partial charge in [-0.25, -0.2) is 0 Å². The van der Waals surface area contributed by atoms with Crippen LogP contribution in [0.4, 0.5) is 0 Å². The van der Waals surface area contributed by atoms with Gasteiger partial charge in [-0.1, -0.05) is 31.1 Å². The van der Waals surface area contributed by atoms with Crippen molar-refractivity contribution in [1.82, 2.24) is 0 Å². The highest BCUT2D eigenvalue weighted by Crippen LogP contribution is 2.58. The molecule has 2 fully saturated rings. The lowest BCUT2D eigenvalue weighted by Gasteiger charge is -2.47. The third kappa shape index (κ3) is 2.81. The third-order valence-corrected chi connectivity index (χ3v) is 7.01. The number of hydrogen-bond donors (Lipinski definition) is 3. The normalized spacial score (nSPS) is 45.3. The molecule has 0 bridgehead atoms. The van der Waals surface area contributed by atoms with Crippen LogP contribution in [0.1, 0.15) is 64.7 Å². The summed E-state index contributed by atoms with van der Waals surface area (Å²) in [7, 11) is 1.50. The molecule has 0 aromatic carbocycles. The Kier molecular flexibility index (Phi) is 4.74. The Hall–Kier alpha value is -0.640. The average Bonchev–Trinajstić information content (AvgIpc) is 2.88. The monoisotopic (exact) mass is 319 g/mol. The van der Waals surface area contributed by atoms with E-state index in [1.165, 1.54) is 37.5 Å². The summed E-state index contributed by atoms with van der Waals surface area (Å²) in [6.07, 6.45) is 14.1. The van der Waals surface area contributed by atoms with Crippen LogP contribution in [0.5, 0.6) is 0 Å². The maximum absolute atomic E-state index is 11.5. The molecule has 0 saturated heterocycles. The van der Waals surface area contributed by atoms with Crippen molar-refractivity contribution in [2.45, 2.75) is 76.4 Å². The molecule has 2 saturated carbocycles. The lowest BCUT2D eigenvalue weighted by molar-refractivity contribution is -0.0434. The van der Waals surface area contributed by atoms with Crippen LogP contribution in [0.15, 0.2) is 23.3 Å². The quantitative estimate of drug-likeness (QED) is 0.642. The fourth-order valence-corrected chi connectivity index (χ4v) is 5.74. The van der Waals surface area contributed by atoms with Gasteiger partial charge in [0.25, 0.3) is 0 Å². The van der Waals surface area contributed by atoms with Crippen molar-refractivity contribution in [1.29, 1.82) is 0 Å². The first-order chi connectivity index (χ1) is 11.0. The second-order valence-corrected chi connectivity index (χ2v) is 8.28. The van der Waals surface area contributed by atoms with Gasteiger partial charge in [0, 0.05) is 0 Å². The van der Waals surface area contributed by atoms with Crippen LogP contribution in [-0.4, -0.2) is 29.0 Å². The highest BCUT2D eigenvalue weighted by atomic mass is 16.3. The SMILES string of the molecule is CC12CC=C3C=C4CC(O)CCC4CC[C@]3(O)C1CCC2.CN. The van der Waals surface area contributed by atoms with Gasteiger partial charge in [0.2, 0.25) is 0 Å². The van der Waals surface area contributed by atoms with Crippen LogP contribution in [-0.2, 0) is 0 Å². The molecule has 0 spiro atoms. The van der Waals surface area contributed by atoms with E-state index in [0.29, 0.717) is 17.3 Å². The molecule has 0 aliphatic heterocycles. The number of fused-ring (bicyclic) bond motifs is 4. The Bertz CT molecular complexity index is 512. The van der Waals surface area contributed by atoms with Gasteiger partial charge in [-0.15, -0.1) is 0 Å². The Morgan fingerprint density at radius 3 is 2.70 bits per heavy atom. The van der Waals surface area contributed by atoms with Crippen molar-refractivity contribution in [3.8, 4) is 0 Å². The lowest BCUT2D eigenvalue weighted by atomic mass is 9.61. The maximum atomic E-state index is 11.5. The molecular weight excluding hydrogens is 286 g/mol. The van der Waals surface area contributed by atoms with E-state index in [-0.39, 0.29) is 6.10 Å². The molecule has 4 rings (SSSR count). The largest absolute Gasteiger partial charge is 0.393 e. The Labute approximate surface area is 140 Å². The highest BCUT2D eigenvalue weighted by Gasteiger charge is 2.54. The highest BCUT2D eigenvalue weighted by molar-refractivity contribution is 5.39. The number of aliphatic hydroxyl groups excluding tert-OH is 1. The molecule has 0 amide bonds. The standard InChI is InChI=1S/C19H28O2.CH5N/c1-18-8-2-3-17(18)19(21)10-6-13-4-5-16(20)12-14(13)11-15(19)7-9-18;1-2/h7,11,13,16-17,20-21H,2-6,8-10,12H2,1H3;2H2,1H3/t13?,16?,17?,18?,19-;/m1./s1. The van der Waals surface area contributed by atoms with E-state index in [0.717, 1.165) is 38.5 Å². The predicted octanol–water partition coefficient (Wildman–Crippen LogP) is 3.31. The summed E-state index contributed by atoms with van der Waals surface area (Å²) >= 11 is 0. The van der Waals surface area contributed by atoms with Gasteiger partial charge in [0.05, 0.1) is 11.7 Å². The van der Waals surface area contributed by atoms with Crippen LogP contribution in [0.25, 0.3) is 0 Å². The molecule has 4 N–H and O–H groups in total. The van der Waals surface area contributed by atoms with Crippen LogP contribution in [0.2, 0.25) is 0 Å². The summed E-state index contributed by atoms with van der Waals surface area (Å²) < 4.78 is 0. The molecule has 0 radical (unpaired) electrons. The molecule has 4 aliphatic carbocycles. The minimum Gasteiger partial charge on any atom is -0.393 e. The summed E-state index contributed by atoms with van der Waals surface area (Å²) in [6, 6.07) is 0. The van der Waals surface area contributed by atoms with E-state index in [4.69, 9.17) is 0 Å². The van der Waals surface area contributed by atoms with Gasteiger partial charge in [-0.3, -0.25) is 0 Å². The first-order valence-corrected chi connectivity index (χ1v) is 9.40. The number of nitrogens with two attached hydrogens (primary N) is 1. The summed E-state index contributed by atoms with van der Waals surface area (Å²) in [5.74, 6) is 1.03. The van der Waals surface area contributed by atoms with Gasteiger partial charge >= 0.3 is 0 Å². The lowest BCUT2D eigenvalue weighted by Crippen LogP contribution is -2.47. The van der Waals surface area contributed by atoms with Crippen LogP contribution in [0.3, 0.4) is 0 Å². The average molecular weight is 319 g/mol. The van der Waals surface area contributed by atoms with Gasteiger partial charge < -0.3 is 15.9 Å².